The molecule has 3 N–H and O–H groups in total. The number of rotatable bonds is 3. The molecule has 0 aliphatic rings. The third kappa shape index (κ3) is 1.99. The second-order valence-electron chi connectivity index (χ2n) is 4.16. The highest BCUT2D eigenvalue weighted by Gasteiger charge is 2.09. The van der Waals surface area contributed by atoms with Crippen molar-refractivity contribution in [2.75, 3.05) is 0 Å². The fourth-order valence-electron chi connectivity index (χ4n) is 1.70. The van der Waals surface area contributed by atoms with E-state index in [-0.39, 0.29) is 0 Å². The molecule has 0 amide bonds. The van der Waals surface area contributed by atoms with E-state index >= 15 is 0 Å². The highest BCUT2D eigenvalue weighted by atomic mass is 14.9. The minimum atomic E-state index is 0.472. The van der Waals surface area contributed by atoms with Gasteiger partial charge in [-0.2, -0.15) is 0 Å². The number of aromatic amines is 1. The number of hydrogen-bond donors (Lipinski definition) is 2. The molecule has 15 heavy (non-hydrogen) atoms. The van der Waals surface area contributed by atoms with E-state index in [1.54, 1.807) is 6.33 Å². The van der Waals surface area contributed by atoms with Crippen LogP contribution in [0.5, 0.6) is 0 Å². The molecule has 0 aliphatic carbocycles. The molecule has 2 rings (SSSR count). The van der Waals surface area contributed by atoms with Crippen LogP contribution >= 0.6 is 0 Å². The molecule has 2 heterocycles. The lowest BCUT2D eigenvalue weighted by Crippen LogP contribution is -2.05. The van der Waals surface area contributed by atoms with E-state index in [0.717, 1.165) is 28.8 Å². The number of aromatic nitrogens is 3. The number of fused-ring (bicyclic) bond motifs is 1. The predicted octanol–water partition coefficient (Wildman–Crippen LogP) is 1.62. The third-order valence-electron chi connectivity index (χ3n) is 2.34. The van der Waals surface area contributed by atoms with E-state index in [9.17, 15) is 0 Å². The van der Waals surface area contributed by atoms with Crippen LogP contribution in [0.25, 0.3) is 11.0 Å². The molecule has 0 saturated heterocycles. The van der Waals surface area contributed by atoms with E-state index in [2.05, 4.69) is 28.8 Å². The topological polar surface area (TPSA) is 67.6 Å². The van der Waals surface area contributed by atoms with Crippen molar-refractivity contribution < 1.29 is 0 Å². The van der Waals surface area contributed by atoms with Gasteiger partial charge in [0.15, 0.2) is 0 Å². The average Bonchev–Trinajstić information content (AvgIpc) is 2.64. The van der Waals surface area contributed by atoms with Gasteiger partial charge in [0.2, 0.25) is 0 Å². The summed E-state index contributed by atoms with van der Waals surface area (Å²) in [6.07, 6.45) is 2.64. The van der Waals surface area contributed by atoms with Gasteiger partial charge in [0.25, 0.3) is 0 Å². The van der Waals surface area contributed by atoms with Gasteiger partial charge >= 0.3 is 0 Å². The first-order valence-electron chi connectivity index (χ1n) is 5.22. The fraction of sp³-hybridized carbons (Fsp3) is 0.455. The van der Waals surface area contributed by atoms with E-state index in [0.29, 0.717) is 12.5 Å². The maximum atomic E-state index is 5.61. The number of nitrogens with one attached hydrogen (secondary N) is 1. The van der Waals surface area contributed by atoms with Gasteiger partial charge in [0.1, 0.15) is 5.52 Å². The zero-order valence-electron chi connectivity index (χ0n) is 9.12. The summed E-state index contributed by atoms with van der Waals surface area (Å²) in [6, 6.07) is 1.96. The van der Waals surface area contributed by atoms with Gasteiger partial charge in [0.05, 0.1) is 23.2 Å². The van der Waals surface area contributed by atoms with Crippen LogP contribution < -0.4 is 5.73 Å². The molecule has 2 aromatic rings. The lowest BCUT2D eigenvalue weighted by molar-refractivity contribution is 0.636. The quantitative estimate of drug-likeness (QED) is 0.798. The van der Waals surface area contributed by atoms with Gasteiger partial charge in [-0.05, 0) is 18.4 Å². The number of pyridine rings is 1. The second kappa shape index (κ2) is 3.98. The van der Waals surface area contributed by atoms with Crippen LogP contribution in [0.4, 0.5) is 0 Å². The molecular formula is C11H16N4. The summed E-state index contributed by atoms with van der Waals surface area (Å²) in [5.74, 6) is 0.574. The van der Waals surface area contributed by atoms with Gasteiger partial charge in [0, 0.05) is 6.54 Å². The molecule has 0 aromatic carbocycles. The van der Waals surface area contributed by atoms with Crippen LogP contribution in [0.3, 0.4) is 0 Å². The molecule has 0 spiro atoms. The number of nitrogens with zero attached hydrogens (tertiary/aromatic N) is 2. The van der Waals surface area contributed by atoms with Crippen molar-refractivity contribution in [3.05, 3.63) is 23.8 Å². The van der Waals surface area contributed by atoms with Crippen molar-refractivity contribution in [1.29, 1.82) is 0 Å². The summed E-state index contributed by atoms with van der Waals surface area (Å²) < 4.78 is 0. The summed E-state index contributed by atoms with van der Waals surface area (Å²) in [7, 11) is 0. The van der Waals surface area contributed by atoms with Crippen molar-refractivity contribution in [1.82, 2.24) is 15.0 Å². The third-order valence-corrected chi connectivity index (χ3v) is 2.34. The Hall–Kier alpha value is -1.42. The van der Waals surface area contributed by atoms with Gasteiger partial charge in [-0.15, -0.1) is 0 Å². The van der Waals surface area contributed by atoms with Crippen LogP contribution in [0.1, 0.15) is 25.2 Å². The Morgan fingerprint density at radius 1 is 1.47 bits per heavy atom. The lowest BCUT2D eigenvalue weighted by atomic mass is 10.1. The molecule has 0 atom stereocenters. The highest BCUT2D eigenvalue weighted by Crippen LogP contribution is 2.17. The molecule has 0 saturated carbocycles. The van der Waals surface area contributed by atoms with Crippen LogP contribution in [0.15, 0.2) is 12.4 Å². The summed E-state index contributed by atoms with van der Waals surface area (Å²) >= 11 is 0. The Morgan fingerprint density at radius 2 is 2.27 bits per heavy atom. The molecule has 2 aromatic heterocycles. The number of hydrogen-bond acceptors (Lipinski definition) is 3. The highest BCUT2D eigenvalue weighted by molar-refractivity contribution is 5.77. The standard InChI is InChI=1S/C11H16N4/c1-7(2)3-10-11-9(13-6-14-11)4-8(5-12)15-10/h4,6-7H,3,5,12H2,1-2H3,(H,13,14). The molecular weight excluding hydrogens is 188 g/mol. The minimum Gasteiger partial charge on any atom is -0.344 e. The summed E-state index contributed by atoms with van der Waals surface area (Å²) in [5.41, 5.74) is 9.58. The molecule has 4 nitrogen and oxygen atoms in total. The fourth-order valence-corrected chi connectivity index (χ4v) is 1.70. The Labute approximate surface area is 88.9 Å². The van der Waals surface area contributed by atoms with Crippen LogP contribution in [-0.4, -0.2) is 15.0 Å². The molecule has 0 unspecified atom stereocenters. The van der Waals surface area contributed by atoms with Gasteiger partial charge in [-0.1, -0.05) is 13.8 Å². The molecule has 0 fully saturated rings. The SMILES string of the molecule is CC(C)Cc1nc(CN)cc2[nH]cnc12. The normalized spacial score (nSPS) is 11.5. The smallest absolute Gasteiger partial charge is 0.110 e. The van der Waals surface area contributed by atoms with Gasteiger partial charge < -0.3 is 10.7 Å². The summed E-state index contributed by atoms with van der Waals surface area (Å²) in [5, 5.41) is 0. The van der Waals surface area contributed by atoms with Crippen molar-refractivity contribution >= 4 is 11.0 Å². The summed E-state index contributed by atoms with van der Waals surface area (Å²) in [6.45, 7) is 4.82. The maximum Gasteiger partial charge on any atom is 0.110 e. The monoisotopic (exact) mass is 204 g/mol. The van der Waals surface area contributed by atoms with Crippen LogP contribution in [0.2, 0.25) is 0 Å². The zero-order chi connectivity index (χ0) is 10.8. The minimum absolute atomic E-state index is 0.472. The van der Waals surface area contributed by atoms with Crippen molar-refractivity contribution in [3.63, 3.8) is 0 Å². The first-order chi connectivity index (χ1) is 7.20. The van der Waals surface area contributed by atoms with E-state index in [1.807, 2.05) is 6.07 Å². The average molecular weight is 204 g/mol. The molecule has 0 radical (unpaired) electrons. The predicted molar refractivity (Wildman–Crippen MR) is 60.3 cm³/mol. The van der Waals surface area contributed by atoms with Crippen molar-refractivity contribution in [2.24, 2.45) is 11.7 Å². The van der Waals surface area contributed by atoms with Crippen molar-refractivity contribution in [3.8, 4) is 0 Å². The number of H-pyrrole nitrogens is 1. The van der Waals surface area contributed by atoms with Gasteiger partial charge in [-0.3, -0.25) is 4.98 Å². The molecule has 0 bridgehead atoms. The molecule has 80 valence electrons. The Kier molecular flexibility index (Phi) is 2.68. The zero-order valence-corrected chi connectivity index (χ0v) is 9.12. The first-order valence-corrected chi connectivity index (χ1v) is 5.22. The lowest BCUT2D eigenvalue weighted by Gasteiger charge is -2.06. The number of imidazole rings is 1. The molecule has 4 heteroatoms. The molecule has 0 aliphatic heterocycles. The second-order valence-corrected chi connectivity index (χ2v) is 4.16. The Morgan fingerprint density at radius 3 is 2.93 bits per heavy atom. The van der Waals surface area contributed by atoms with Crippen LogP contribution in [0, 0.1) is 5.92 Å². The van der Waals surface area contributed by atoms with Crippen LogP contribution in [-0.2, 0) is 13.0 Å². The first kappa shape index (κ1) is 10.1. The largest absolute Gasteiger partial charge is 0.344 e. The Balaban J connectivity index is 2.53. The maximum absolute atomic E-state index is 5.61. The van der Waals surface area contributed by atoms with E-state index in [4.69, 9.17) is 5.73 Å². The number of nitrogens with two attached hydrogens (primary N) is 1. The Bertz CT molecular complexity index is 459. The van der Waals surface area contributed by atoms with Crippen molar-refractivity contribution in [2.45, 2.75) is 26.8 Å². The van der Waals surface area contributed by atoms with E-state index < -0.39 is 0 Å². The van der Waals surface area contributed by atoms with Gasteiger partial charge in [-0.25, -0.2) is 4.98 Å². The van der Waals surface area contributed by atoms with E-state index in [1.165, 1.54) is 0 Å². The summed E-state index contributed by atoms with van der Waals surface area (Å²) in [4.78, 5) is 11.9.